The standard InChI is InChI=1S/C23H23N3O4/c1-2-16-3-6-18(7-4-16)19-8-10-23(28)26(25-19)12-11-22(27)24-14-17-5-9-20-21(13-17)30-15-29-20/h3-10,13H,2,11-12,14-15H2,1H3,(H,24,27). The van der Waals surface area contributed by atoms with Gasteiger partial charge >= 0.3 is 0 Å². The Bertz CT molecular complexity index is 1110. The fraction of sp³-hybridized carbons (Fsp3) is 0.261. The largest absolute Gasteiger partial charge is 0.454 e. The Balaban J connectivity index is 1.35. The van der Waals surface area contributed by atoms with Crippen LogP contribution < -0.4 is 20.3 Å². The summed E-state index contributed by atoms with van der Waals surface area (Å²) in [5.74, 6) is 1.24. The van der Waals surface area contributed by atoms with Crippen LogP contribution >= 0.6 is 0 Å². The van der Waals surface area contributed by atoms with Crippen LogP contribution in [0, 0.1) is 0 Å². The lowest BCUT2D eigenvalue weighted by Crippen LogP contribution is -2.28. The monoisotopic (exact) mass is 405 g/mol. The molecule has 0 radical (unpaired) electrons. The Morgan fingerprint density at radius 1 is 1.03 bits per heavy atom. The number of aromatic nitrogens is 2. The van der Waals surface area contributed by atoms with Crippen molar-refractivity contribution >= 4 is 5.91 Å². The SMILES string of the molecule is CCc1ccc(-c2ccc(=O)n(CCC(=O)NCc3ccc4c(c3)OCO4)n2)cc1. The second-order valence-electron chi connectivity index (χ2n) is 7.04. The lowest BCUT2D eigenvalue weighted by Gasteiger charge is -2.09. The van der Waals surface area contributed by atoms with Gasteiger partial charge in [-0.2, -0.15) is 5.10 Å². The van der Waals surface area contributed by atoms with Crippen molar-refractivity contribution in [2.45, 2.75) is 32.9 Å². The first-order chi connectivity index (χ1) is 14.6. The number of carbonyl (C=O) groups excluding carboxylic acids is 1. The van der Waals surface area contributed by atoms with Crippen LogP contribution in [0.4, 0.5) is 0 Å². The fourth-order valence-corrected chi connectivity index (χ4v) is 3.22. The third kappa shape index (κ3) is 4.51. The third-order valence-electron chi connectivity index (χ3n) is 5.00. The maximum absolute atomic E-state index is 12.2. The van der Waals surface area contributed by atoms with Crippen LogP contribution in [-0.4, -0.2) is 22.5 Å². The van der Waals surface area contributed by atoms with Gasteiger partial charge in [-0.15, -0.1) is 0 Å². The number of amides is 1. The van der Waals surface area contributed by atoms with Crippen LogP contribution in [0.3, 0.4) is 0 Å². The van der Waals surface area contributed by atoms with E-state index in [0.29, 0.717) is 23.7 Å². The van der Waals surface area contributed by atoms with Crippen molar-refractivity contribution in [1.82, 2.24) is 15.1 Å². The highest BCUT2D eigenvalue weighted by Crippen LogP contribution is 2.32. The predicted octanol–water partition coefficient (Wildman–Crippen LogP) is 2.91. The topological polar surface area (TPSA) is 82.5 Å². The number of nitrogens with one attached hydrogen (secondary N) is 1. The van der Waals surface area contributed by atoms with Crippen molar-refractivity contribution < 1.29 is 14.3 Å². The number of rotatable bonds is 7. The molecule has 1 aliphatic rings. The van der Waals surface area contributed by atoms with E-state index in [9.17, 15) is 9.59 Å². The molecule has 0 fully saturated rings. The average Bonchev–Trinajstić information content (AvgIpc) is 3.25. The van der Waals surface area contributed by atoms with E-state index in [4.69, 9.17) is 9.47 Å². The maximum Gasteiger partial charge on any atom is 0.266 e. The highest BCUT2D eigenvalue weighted by atomic mass is 16.7. The van der Waals surface area contributed by atoms with Gasteiger partial charge in [-0.05, 0) is 35.7 Å². The molecule has 7 heteroatoms. The number of aryl methyl sites for hydroxylation is 2. The van der Waals surface area contributed by atoms with Crippen molar-refractivity contribution in [1.29, 1.82) is 0 Å². The molecule has 0 unspecified atom stereocenters. The van der Waals surface area contributed by atoms with Crippen molar-refractivity contribution in [3.8, 4) is 22.8 Å². The number of nitrogens with zero attached hydrogens (tertiary/aromatic N) is 2. The normalized spacial score (nSPS) is 12.0. The summed E-state index contributed by atoms with van der Waals surface area (Å²) in [5, 5.41) is 7.28. The molecule has 2 heterocycles. The Hall–Kier alpha value is -3.61. The van der Waals surface area contributed by atoms with Crippen LogP contribution in [0.25, 0.3) is 11.3 Å². The molecule has 2 aromatic carbocycles. The molecule has 1 amide bonds. The van der Waals surface area contributed by atoms with Gasteiger partial charge in [0, 0.05) is 24.6 Å². The molecule has 7 nitrogen and oxygen atoms in total. The molecule has 1 aliphatic heterocycles. The number of carbonyl (C=O) groups is 1. The Kier molecular flexibility index (Phi) is 5.79. The molecule has 0 saturated heterocycles. The summed E-state index contributed by atoms with van der Waals surface area (Å²) in [7, 11) is 0. The molecule has 1 aromatic heterocycles. The quantitative estimate of drug-likeness (QED) is 0.654. The summed E-state index contributed by atoms with van der Waals surface area (Å²) in [6, 6.07) is 16.8. The minimum atomic E-state index is -0.229. The van der Waals surface area contributed by atoms with Crippen LogP contribution in [-0.2, 0) is 24.3 Å². The van der Waals surface area contributed by atoms with Gasteiger partial charge < -0.3 is 14.8 Å². The van der Waals surface area contributed by atoms with Crippen LogP contribution in [0.1, 0.15) is 24.5 Å². The van der Waals surface area contributed by atoms with Gasteiger partial charge in [0.05, 0.1) is 12.2 Å². The fourth-order valence-electron chi connectivity index (χ4n) is 3.22. The van der Waals surface area contributed by atoms with E-state index in [1.165, 1.54) is 16.3 Å². The summed E-state index contributed by atoms with van der Waals surface area (Å²) in [4.78, 5) is 24.4. The first-order valence-electron chi connectivity index (χ1n) is 9.95. The van der Waals surface area contributed by atoms with Crippen LogP contribution in [0.2, 0.25) is 0 Å². The van der Waals surface area contributed by atoms with Gasteiger partial charge in [0.15, 0.2) is 11.5 Å². The highest BCUT2D eigenvalue weighted by molar-refractivity contribution is 5.75. The molecule has 30 heavy (non-hydrogen) atoms. The van der Waals surface area contributed by atoms with E-state index in [1.54, 1.807) is 6.07 Å². The van der Waals surface area contributed by atoms with E-state index in [2.05, 4.69) is 29.5 Å². The van der Waals surface area contributed by atoms with Crippen molar-refractivity contribution in [2.24, 2.45) is 0 Å². The molecule has 154 valence electrons. The van der Waals surface area contributed by atoms with Crippen LogP contribution in [0.5, 0.6) is 11.5 Å². The molecule has 0 spiro atoms. The van der Waals surface area contributed by atoms with Crippen molar-refractivity contribution in [2.75, 3.05) is 6.79 Å². The average molecular weight is 405 g/mol. The number of hydrogen-bond donors (Lipinski definition) is 1. The molecular formula is C23H23N3O4. The van der Waals surface area contributed by atoms with Gasteiger partial charge in [0.1, 0.15) is 0 Å². The second-order valence-corrected chi connectivity index (χ2v) is 7.04. The summed E-state index contributed by atoms with van der Waals surface area (Å²) in [6.07, 6.45) is 1.13. The predicted molar refractivity (Wildman–Crippen MR) is 112 cm³/mol. The molecule has 0 bridgehead atoms. The molecule has 3 aromatic rings. The zero-order chi connectivity index (χ0) is 20.9. The maximum atomic E-state index is 12.2. The molecule has 0 aliphatic carbocycles. The van der Waals surface area contributed by atoms with Crippen molar-refractivity contribution in [3.05, 3.63) is 76.1 Å². The molecule has 4 rings (SSSR count). The minimum absolute atomic E-state index is 0.154. The molecule has 1 N–H and O–H groups in total. The van der Waals surface area contributed by atoms with Gasteiger partial charge in [-0.3, -0.25) is 9.59 Å². The number of fused-ring (bicyclic) bond motifs is 1. The zero-order valence-corrected chi connectivity index (χ0v) is 16.8. The summed E-state index contributed by atoms with van der Waals surface area (Å²) >= 11 is 0. The smallest absolute Gasteiger partial charge is 0.266 e. The van der Waals surface area contributed by atoms with E-state index >= 15 is 0 Å². The number of hydrogen-bond acceptors (Lipinski definition) is 5. The Morgan fingerprint density at radius 2 is 1.80 bits per heavy atom. The number of benzene rings is 2. The first kappa shape index (κ1) is 19.7. The third-order valence-corrected chi connectivity index (χ3v) is 5.00. The number of ether oxygens (including phenoxy) is 2. The minimum Gasteiger partial charge on any atom is -0.454 e. The van der Waals surface area contributed by atoms with Gasteiger partial charge in [0.25, 0.3) is 5.56 Å². The molecule has 0 saturated carbocycles. The van der Waals surface area contributed by atoms with Gasteiger partial charge in [-0.1, -0.05) is 37.3 Å². The summed E-state index contributed by atoms with van der Waals surface area (Å²) in [6.45, 7) is 2.91. The van der Waals surface area contributed by atoms with Gasteiger partial charge in [-0.25, -0.2) is 4.68 Å². The summed E-state index contributed by atoms with van der Waals surface area (Å²) in [5.41, 5.74) is 3.57. The van der Waals surface area contributed by atoms with E-state index < -0.39 is 0 Å². The van der Waals surface area contributed by atoms with Crippen LogP contribution in [0.15, 0.2) is 59.4 Å². The lowest BCUT2D eigenvalue weighted by atomic mass is 10.1. The highest BCUT2D eigenvalue weighted by Gasteiger charge is 2.13. The van der Waals surface area contributed by atoms with E-state index in [1.807, 2.05) is 30.3 Å². The van der Waals surface area contributed by atoms with E-state index in [-0.39, 0.29) is 31.2 Å². The van der Waals surface area contributed by atoms with Crippen molar-refractivity contribution in [3.63, 3.8) is 0 Å². The lowest BCUT2D eigenvalue weighted by molar-refractivity contribution is -0.121. The molecular weight excluding hydrogens is 382 g/mol. The Labute approximate surface area is 174 Å². The summed E-state index contributed by atoms with van der Waals surface area (Å²) < 4.78 is 12.0. The molecule has 0 atom stereocenters. The Morgan fingerprint density at radius 3 is 2.60 bits per heavy atom. The van der Waals surface area contributed by atoms with E-state index in [0.717, 1.165) is 17.5 Å². The zero-order valence-electron chi connectivity index (χ0n) is 16.8. The van der Waals surface area contributed by atoms with Gasteiger partial charge in [0.2, 0.25) is 12.7 Å². The second kappa shape index (κ2) is 8.82. The first-order valence-corrected chi connectivity index (χ1v) is 9.95.